The Bertz CT molecular complexity index is 430. The molecule has 0 spiro atoms. The van der Waals surface area contributed by atoms with Crippen molar-refractivity contribution in [3.63, 3.8) is 0 Å². The van der Waals surface area contributed by atoms with Gasteiger partial charge in [-0.25, -0.2) is 4.79 Å². The van der Waals surface area contributed by atoms with Crippen LogP contribution >= 0.6 is 0 Å². The van der Waals surface area contributed by atoms with E-state index in [0.29, 0.717) is 13.2 Å². The first-order chi connectivity index (χ1) is 10.7. The van der Waals surface area contributed by atoms with Crippen molar-refractivity contribution < 1.29 is 13.9 Å². The highest BCUT2D eigenvalue weighted by Gasteiger charge is 2.24. The molecule has 2 N–H and O–H groups in total. The maximum Gasteiger partial charge on any atom is 0.315 e. The van der Waals surface area contributed by atoms with Crippen molar-refractivity contribution >= 4 is 6.03 Å². The Morgan fingerprint density at radius 3 is 2.82 bits per heavy atom. The molecular weight excluding hydrogens is 282 g/mol. The molecule has 1 aliphatic rings. The average Bonchev–Trinajstić information content (AvgIpc) is 3.03. The first kappa shape index (κ1) is 16.8. The number of methoxy groups -OCH3 is 1. The van der Waals surface area contributed by atoms with Crippen LogP contribution in [0.4, 0.5) is 4.79 Å². The van der Waals surface area contributed by atoms with Crippen molar-refractivity contribution in [2.24, 2.45) is 0 Å². The lowest BCUT2D eigenvalue weighted by Crippen LogP contribution is -2.46. The van der Waals surface area contributed by atoms with E-state index in [1.165, 1.54) is 19.3 Å². The molecule has 1 aromatic heterocycles. The summed E-state index contributed by atoms with van der Waals surface area (Å²) in [4.78, 5) is 14.3. The molecule has 2 amide bonds. The van der Waals surface area contributed by atoms with Crippen molar-refractivity contribution in [3.8, 4) is 0 Å². The summed E-state index contributed by atoms with van der Waals surface area (Å²) in [6, 6.07) is 3.79. The Kier molecular flexibility index (Phi) is 6.74. The summed E-state index contributed by atoms with van der Waals surface area (Å²) in [5.41, 5.74) is 0. The molecule has 22 heavy (non-hydrogen) atoms. The summed E-state index contributed by atoms with van der Waals surface area (Å²) >= 11 is 0. The Hall–Kier alpha value is -1.53. The van der Waals surface area contributed by atoms with Gasteiger partial charge < -0.3 is 19.8 Å². The zero-order chi connectivity index (χ0) is 15.8. The minimum absolute atomic E-state index is 0.0120. The number of rotatable bonds is 7. The molecule has 2 rings (SSSR count). The molecule has 1 saturated heterocycles. The maximum atomic E-state index is 12.0. The molecule has 2 heterocycles. The number of ether oxygens (including phenoxy) is 1. The maximum absolute atomic E-state index is 12.0. The molecule has 1 fully saturated rings. The summed E-state index contributed by atoms with van der Waals surface area (Å²) in [6.07, 6.45) is 5.37. The lowest BCUT2D eigenvalue weighted by Gasteiger charge is -2.33. The van der Waals surface area contributed by atoms with Crippen LogP contribution in [0.15, 0.2) is 22.8 Å². The van der Waals surface area contributed by atoms with Gasteiger partial charge in [0.1, 0.15) is 5.76 Å². The van der Waals surface area contributed by atoms with E-state index >= 15 is 0 Å². The number of urea groups is 1. The predicted octanol–water partition coefficient (Wildman–Crippen LogP) is 2.14. The van der Waals surface area contributed by atoms with E-state index in [1.807, 2.05) is 19.1 Å². The second kappa shape index (κ2) is 8.80. The molecule has 1 aliphatic heterocycles. The van der Waals surface area contributed by atoms with Crippen LogP contribution in [0.5, 0.6) is 0 Å². The number of nitrogens with zero attached hydrogens (tertiary/aromatic N) is 1. The lowest BCUT2D eigenvalue weighted by atomic mass is 10.1. The molecule has 6 nitrogen and oxygen atoms in total. The molecule has 1 aromatic rings. The highest BCUT2D eigenvalue weighted by Crippen LogP contribution is 2.24. The molecule has 0 radical (unpaired) electrons. The number of amides is 2. The van der Waals surface area contributed by atoms with Crippen LogP contribution in [0, 0.1) is 0 Å². The van der Waals surface area contributed by atoms with Gasteiger partial charge in [-0.3, -0.25) is 4.90 Å². The van der Waals surface area contributed by atoms with Gasteiger partial charge in [0.25, 0.3) is 0 Å². The number of piperidine rings is 1. The van der Waals surface area contributed by atoms with E-state index in [4.69, 9.17) is 9.15 Å². The van der Waals surface area contributed by atoms with Crippen molar-refractivity contribution in [3.05, 3.63) is 24.2 Å². The first-order valence-corrected chi connectivity index (χ1v) is 8.01. The Morgan fingerprint density at radius 2 is 2.18 bits per heavy atom. The van der Waals surface area contributed by atoms with Gasteiger partial charge in [-0.1, -0.05) is 6.42 Å². The van der Waals surface area contributed by atoms with Crippen LogP contribution in [0.1, 0.15) is 38.0 Å². The smallest absolute Gasteiger partial charge is 0.315 e. The van der Waals surface area contributed by atoms with Crippen LogP contribution in [0.25, 0.3) is 0 Å². The monoisotopic (exact) mass is 309 g/mol. The molecular formula is C16H27N3O3. The fraction of sp³-hybridized carbons (Fsp3) is 0.688. The van der Waals surface area contributed by atoms with Gasteiger partial charge in [-0.2, -0.15) is 0 Å². The third kappa shape index (κ3) is 5.03. The Labute approximate surface area is 132 Å². The largest absolute Gasteiger partial charge is 0.468 e. The number of hydrogen-bond donors (Lipinski definition) is 2. The van der Waals surface area contributed by atoms with Gasteiger partial charge >= 0.3 is 6.03 Å². The number of furan rings is 1. The van der Waals surface area contributed by atoms with E-state index in [2.05, 4.69) is 15.5 Å². The zero-order valence-electron chi connectivity index (χ0n) is 13.5. The number of likely N-dealkylation sites (tertiary alicyclic amines) is 1. The van der Waals surface area contributed by atoms with Gasteiger partial charge in [0, 0.05) is 13.7 Å². The molecule has 0 bridgehead atoms. The number of nitrogens with one attached hydrogen (secondary N) is 2. The summed E-state index contributed by atoms with van der Waals surface area (Å²) in [5.74, 6) is 0.909. The highest BCUT2D eigenvalue weighted by molar-refractivity contribution is 5.74. The molecule has 0 aliphatic carbocycles. The normalized spacial score (nSPS) is 18.6. The van der Waals surface area contributed by atoms with Gasteiger partial charge in [0.05, 0.1) is 25.0 Å². The van der Waals surface area contributed by atoms with Crippen LogP contribution in [-0.2, 0) is 4.74 Å². The fourth-order valence-corrected chi connectivity index (χ4v) is 2.88. The highest BCUT2D eigenvalue weighted by atomic mass is 16.5. The molecule has 0 unspecified atom stereocenters. The van der Waals surface area contributed by atoms with Gasteiger partial charge in [0.2, 0.25) is 0 Å². The predicted molar refractivity (Wildman–Crippen MR) is 84.7 cm³/mol. The van der Waals surface area contributed by atoms with Crippen LogP contribution < -0.4 is 10.6 Å². The Balaban J connectivity index is 1.88. The SMILES string of the molecule is COC[C@@H](C)NC(=O)NC[C@@H](c1ccco1)N1CCCCC1. The van der Waals surface area contributed by atoms with Gasteiger partial charge in [0.15, 0.2) is 0 Å². The van der Waals surface area contributed by atoms with E-state index in [-0.39, 0.29) is 18.1 Å². The number of carbonyl (C=O) groups excluding carboxylic acids is 1. The topological polar surface area (TPSA) is 66.7 Å². The standard InChI is InChI=1S/C16H27N3O3/c1-13(12-21-2)18-16(20)17-11-14(15-7-6-10-22-15)19-8-4-3-5-9-19/h6-7,10,13-14H,3-5,8-9,11-12H2,1-2H3,(H2,17,18,20)/t13-,14+/m1/s1. The van der Waals surface area contributed by atoms with Gasteiger partial charge in [-0.05, 0) is 45.0 Å². The second-order valence-electron chi connectivity index (χ2n) is 5.84. The third-order valence-electron chi connectivity index (χ3n) is 3.95. The van der Waals surface area contributed by atoms with Crippen molar-refractivity contribution in [1.82, 2.24) is 15.5 Å². The quantitative estimate of drug-likeness (QED) is 0.810. The average molecular weight is 309 g/mol. The molecule has 0 aromatic carbocycles. The molecule has 6 heteroatoms. The van der Waals surface area contributed by atoms with E-state index in [9.17, 15) is 4.79 Å². The molecule has 124 valence electrons. The van der Waals surface area contributed by atoms with Crippen molar-refractivity contribution in [2.45, 2.75) is 38.3 Å². The summed E-state index contributed by atoms with van der Waals surface area (Å²) < 4.78 is 10.6. The number of carbonyl (C=O) groups is 1. The third-order valence-corrected chi connectivity index (χ3v) is 3.95. The van der Waals surface area contributed by atoms with E-state index in [1.54, 1.807) is 13.4 Å². The van der Waals surface area contributed by atoms with Crippen LogP contribution in [0.3, 0.4) is 0 Å². The summed E-state index contributed by atoms with van der Waals surface area (Å²) in [6.45, 7) is 5.06. The van der Waals surface area contributed by atoms with E-state index in [0.717, 1.165) is 18.8 Å². The second-order valence-corrected chi connectivity index (χ2v) is 5.84. The van der Waals surface area contributed by atoms with Crippen LogP contribution in [-0.4, -0.2) is 50.3 Å². The summed E-state index contributed by atoms with van der Waals surface area (Å²) in [7, 11) is 1.62. The first-order valence-electron chi connectivity index (χ1n) is 8.01. The van der Waals surface area contributed by atoms with Crippen LogP contribution in [0.2, 0.25) is 0 Å². The van der Waals surface area contributed by atoms with Crippen molar-refractivity contribution in [2.75, 3.05) is 33.4 Å². The number of hydrogen-bond acceptors (Lipinski definition) is 4. The zero-order valence-corrected chi connectivity index (χ0v) is 13.5. The fourth-order valence-electron chi connectivity index (χ4n) is 2.88. The minimum Gasteiger partial charge on any atom is -0.468 e. The summed E-state index contributed by atoms with van der Waals surface area (Å²) in [5, 5.41) is 5.81. The minimum atomic E-state index is -0.168. The van der Waals surface area contributed by atoms with E-state index < -0.39 is 0 Å². The molecule has 2 atom stereocenters. The Morgan fingerprint density at radius 1 is 1.41 bits per heavy atom. The lowest BCUT2D eigenvalue weighted by molar-refractivity contribution is 0.142. The van der Waals surface area contributed by atoms with Crippen molar-refractivity contribution in [1.29, 1.82) is 0 Å². The molecule has 0 saturated carbocycles. The van der Waals surface area contributed by atoms with Gasteiger partial charge in [-0.15, -0.1) is 0 Å².